The first-order chi connectivity index (χ1) is 10.1. The number of ether oxygens (including phenoxy) is 1. The van der Waals surface area contributed by atoms with Gasteiger partial charge >= 0.3 is 0 Å². The van der Waals surface area contributed by atoms with Crippen LogP contribution in [0.15, 0.2) is 0 Å². The van der Waals surface area contributed by atoms with Gasteiger partial charge in [0.1, 0.15) is 0 Å². The molecule has 3 heterocycles. The van der Waals surface area contributed by atoms with Crippen molar-refractivity contribution in [3.05, 3.63) is 5.28 Å². The van der Waals surface area contributed by atoms with Crippen molar-refractivity contribution in [3.8, 4) is 0 Å². The summed E-state index contributed by atoms with van der Waals surface area (Å²) < 4.78 is 5.42. The number of nitrogens with one attached hydrogen (secondary N) is 1. The van der Waals surface area contributed by atoms with Crippen molar-refractivity contribution >= 4 is 23.5 Å². The quantitative estimate of drug-likeness (QED) is 0.925. The second kappa shape index (κ2) is 6.32. The molecule has 6 nitrogen and oxygen atoms in total. The van der Waals surface area contributed by atoms with Crippen LogP contribution in [0.3, 0.4) is 0 Å². The topological polar surface area (TPSA) is 63.2 Å². The normalized spacial score (nSPS) is 22.1. The molecule has 2 aliphatic heterocycles. The Balaban J connectivity index is 1.77. The predicted molar refractivity (Wildman–Crippen MR) is 83.0 cm³/mol. The number of piperidine rings is 1. The van der Waals surface area contributed by atoms with Gasteiger partial charge < -0.3 is 15.0 Å². The van der Waals surface area contributed by atoms with E-state index < -0.39 is 0 Å². The lowest BCUT2D eigenvalue weighted by molar-refractivity contribution is 0.0656. The van der Waals surface area contributed by atoms with E-state index in [2.05, 4.69) is 32.1 Å². The number of nitrogens with zero attached hydrogens (tertiary/aromatic N) is 4. The maximum Gasteiger partial charge on any atom is 0.231 e. The Morgan fingerprint density at radius 3 is 2.52 bits per heavy atom. The van der Waals surface area contributed by atoms with Gasteiger partial charge in [0.05, 0.1) is 0 Å². The Hall–Kier alpha value is -1.14. The van der Waals surface area contributed by atoms with E-state index in [4.69, 9.17) is 16.3 Å². The summed E-state index contributed by atoms with van der Waals surface area (Å²) in [4.78, 5) is 15.3. The molecule has 1 aromatic rings. The molecule has 21 heavy (non-hydrogen) atoms. The molecule has 2 saturated heterocycles. The van der Waals surface area contributed by atoms with Crippen LogP contribution in [0.4, 0.5) is 11.9 Å². The van der Waals surface area contributed by atoms with Crippen LogP contribution in [0, 0.1) is 0 Å². The summed E-state index contributed by atoms with van der Waals surface area (Å²) in [7, 11) is 0. The molecular formula is C14H22ClN5O. The van der Waals surface area contributed by atoms with Crippen molar-refractivity contribution in [1.82, 2.24) is 15.0 Å². The average molecular weight is 312 g/mol. The third kappa shape index (κ3) is 3.74. The fourth-order valence-corrected chi connectivity index (χ4v) is 3.00. The molecule has 0 unspecified atom stereocenters. The molecule has 2 fully saturated rings. The summed E-state index contributed by atoms with van der Waals surface area (Å²) in [5.41, 5.74) is -0.0396. The highest BCUT2D eigenvalue weighted by Gasteiger charge is 2.28. The molecule has 0 aromatic carbocycles. The monoisotopic (exact) mass is 311 g/mol. The fraction of sp³-hybridized carbons (Fsp3) is 0.786. The third-order valence-corrected chi connectivity index (χ3v) is 4.41. The maximum atomic E-state index is 6.08. The summed E-state index contributed by atoms with van der Waals surface area (Å²) >= 11 is 6.08. The summed E-state index contributed by atoms with van der Waals surface area (Å²) in [5, 5.41) is 3.68. The number of halogens is 1. The van der Waals surface area contributed by atoms with Crippen molar-refractivity contribution < 1.29 is 4.74 Å². The van der Waals surface area contributed by atoms with Gasteiger partial charge in [0.2, 0.25) is 17.2 Å². The second-order valence-electron chi connectivity index (χ2n) is 6.07. The van der Waals surface area contributed by atoms with E-state index in [9.17, 15) is 0 Å². The number of hydrogen-bond donors (Lipinski definition) is 1. The van der Waals surface area contributed by atoms with Crippen LogP contribution in [0.2, 0.25) is 5.28 Å². The molecule has 0 atom stereocenters. The molecule has 3 rings (SSSR count). The number of hydrogen-bond acceptors (Lipinski definition) is 6. The number of anilines is 2. The molecule has 0 saturated carbocycles. The molecule has 2 aliphatic rings. The molecule has 0 spiro atoms. The zero-order chi connectivity index (χ0) is 14.7. The fourth-order valence-electron chi connectivity index (χ4n) is 2.85. The zero-order valence-electron chi connectivity index (χ0n) is 12.4. The van der Waals surface area contributed by atoms with Crippen LogP contribution in [-0.2, 0) is 4.74 Å². The number of aromatic nitrogens is 3. The van der Waals surface area contributed by atoms with Gasteiger partial charge in [-0.25, -0.2) is 0 Å². The van der Waals surface area contributed by atoms with E-state index in [-0.39, 0.29) is 10.8 Å². The first-order valence-electron chi connectivity index (χ1n) is 7.67. The summed E-state index contributed by atoms with van der Waals surface area (Å²) in [6.45, 7) is 5.69. The first kappa shape index (κ1) is 14.8. The smallest absolute Gasteiger partial charge is 0.231 e. The minimum atomic E-state index is -0.0396. The Morgan fingerprint density at radius 2 is 1.81 bits per heavy atom. The van der Waals surface area contributed by atoms with Gasteiger partial charge in [0, 0.05) is 31.8 Å². The van der Waals surface area contributed by atoms with Gasteiger partial charge in [-0.2, -0.15) is 15.0 Å². The summed E-state index contributed by atoms with van der Waals surface area (Å²) in [6.07, 6.45) is 5.52. The average Bonchev–Trinajstić information content (AvgIpc) is 2.48. The lowest BCUT2D eigenvalue weighted by atomic mass is 9.93. The maximum absolute atomic E-state index is 6.08. The molecule has 7 heteroatoms. The van der Waals surface area contributed by atoms with Gasteiger partial charge in [-0.3, -0.25) is 0 Å². The Morgan fingerprint density at radius 1 is 1.10 bits per heavy atom. The van der Waals surface area contributed by atoms with Crippen molar-refractivity contribution in [2.45, 2.75) is 44.6 Å². The van der Waals surface area contributed by atoms with E-state index in [1.165, 1.54) is 19.3 Å². The van der Waals surface area contributed by atoms with E-state index >= 15 is 0 Å². The van der Waals surface area contributed by atoms with Gasteiger partial charge in [-0.15, -0.1) is 0 Å². The molecule has 0 aliphatic carbocycles. The molecule has 0 amide bonds. The van der Waals surface area contributed by atoms with Crippen LogP contribution in [0.25, 0.3) is 0 Å². The van der Waals surface area contributed by atoms with Crippen LogP contribution >= 0.6 is 11.6 Å². The highest BCUT2D eigenvalue weighted by molar-refractivity contribution is 6.28. The summed E-state index contributed by atoms with van der Waals surface area (Å²) in [6, 6.07) is 0. The summed E-state index contributed by atoms with van der Waals surface area (Å²) in [5.74, 6) is 1.26. The molecular weight excluding hydrogens is 290 g/mol. The first-order valence-corrected chi connectivity index (χ1v) is 8.05. The van der Waals surface area contributed by atoms with Gasteiger partial charge in [-0.1, -0.05) is 0 Å². The van der Waals surface area contributed by atoms with Crippen LogP contribution in [0.5, 0.6) is 0 Å². The molecule has 1 N–H and O–H groups in total. The molecule has 116 valence electrons. The van der Waals surface area contributed by atoms with Gasteiger partial charge in [0.15, 0.2) is 0 Å². The van der Waals surface area contributed by atoms with E-state index in [0.717, 1.165) is 39.1 Å². The third-order valence-electron chi connectivity index (χ3n) is 4.25. The predicted octanol–water partition coefficient (Wildman–Crippen LogP) is 2.50. The second-order valence-corrected chi connectivity index (χ2v) is 6.41. The van der Waals surface area contributed by atoms with Crippen LogP contribution < -0.4 is 10.2 Å². The van der Waals surface area contributed by atoms with Crippen molar-refractivity contribution in [1.29, 1.82) is 0 Å². The minimum absolute atomic E-state index is 0.0396. The van der Waals surface area contributed by atoms with Crippen molar-refractivity contribution in [2.24, 2.45) is 0 Å². The van der Waals surface area contributed by atoms with E-state index in [1.807, 2.05) is 0 Å². The molecule has 0 bridgehead atoms. The van der Waals surface area contributed by atoms with Crippen LogP contribution in [-0.4, -0.2) is 46.8 Å². The van der Waals surface area contributed by atoms with E-state index in [1.54, 1.807) is 0 Å². The Labute approximate surface area is 130 Å². The van der Waals surface area contributed by atoms with E-state index in [0.29, 0.717) is 11.9 Å². The Kier molecular flexibility index (Phi) is 4.45. The minimum Gasteiger partial charge on any atom is -0.381 e. The molecule has 0 radical (unpaired) electrons. The standard InChI is InChI=1S/C14H22ClN5O/c1-14(5-9-21-10-6-14)19-12-16-11(15)17-13(18-12)20-7-3-2-4-8-20/h2-10H2,1H3,(H,16,17,18,19). The highest BCUT2D eigenvalue weighted by atomic mass is 35.5. The lowest BCUT2D eigenvalue weighted by Crippen LogP contribution is -2.41. The SMILES string of the molecule is CC1(Nc2nc(Cl)nc(N3CCCCC3)n2)CCOCC1. The zero-order valence-corrected chi connectivity index (χ0v) is 13.2. The van der Waals surface area contributed by atoms with Crippen molar-refractivity contribution in [2.75, 3.05) is 36.5 Å². The van der Waals surface area contributed by atoms with Crippen LogP contribution in [0.1, 0.15) is 39.0 Å². The van der Waals surface area contributed by atoms with Gasteiger partial charge in [-0.05, 0) is 50.6 Å². The largest absolute Gasteiger partial charge is 0.381 e. The van der Waals surface area contributed by atoms with Gasteiger partial charge in [0.25, 0.3) is 0 Å². The lowest BCUT2D eigenvalue weighted by Gasteiger charge is -2.34. The molecule has 1 aromatic heterocycles. The van der Waals surface area contributed by atoms with Crippen molar-refractivity contribution in [3.63, 3.8) is 0 Å². The number of rotatable bonds is 3. The highest BCUT2D eigenvalue weighted by Crippen LogP contribution is 2.25. The Bertz CT molecular complexity index is 486.